The van der Waals surface area contributed by atoms with Crippen molar-refractivity contribution in [1.29, 1.82) is 0 Å². The lowest BCUT2D eigenvalue weighted by Gasteiger charge is -2.08. The highest BCUT2D eigenvalue weighted by Crippen LogP contribution is 2.29. The van der Waals surface area contributed by atoms with Crippen LogP contribution in [0.3, 0.4) is 0 Å². The van der Waals surface area contributed by atoms with Gasteiger partial charge in [0.2, 0.25) is 5.91 Å². The summed E-state index contributed by atoms with van der Waals surface area (Å²) >= 11 is 0. The van der Waals surface area contributed by atoms with Crippen LogP contribution in [0.15, 0.2) is 42.5 Å². The van der Waals surface area contributed by atoms with Crippen LogP contribution >= 0.6 is 0 Å². The van der Waals surface area contributed by atoms with Crippen molar-refractivity contribution in [2.75, 3.05) is 7.05 Å². The van der Waals surface area contributed by atoms with Crippen molar-refractivity contribution >= 4 is 11.7 Å². The highest BCUT2D eigenvalue weighted by molar-refractivity contribution is 6.12. The van der Waals surface area contributed by atoms with E-state index in [1.165, 1.54) is 0 Å². The van der Waals surface area contributed by atoms with Crippen LogP contribution in [0.5, 0.6) is 5.75 Å². The zero-order valence-electron chi connectivity index (χ0n) is 11.7. The lowest BCUT2D eigenvalue weighted by molar-refractivity contribution is -0.119. The minimum Gasteiger partial charge on any atom is -0.488 e. The van der Waals surface area contributed by atoms with Crippen molar-refractivity contribution in [2.24, 2.45) is 0 Å². The number of hydrogen-bond donors (Lipinski definition) is 1. The lowest BCUT2D eigenvalue weighted by Crippen LogP contribution is -2.20. The second kappa shape index (κ2) is 5.40. The van der Waals surface area contributed by atoms with Gasteiger partial charge in [-0.1, -0.05) is 30.3 Å². The Morgan fingerprint density at radius 1 is 1.19 bits per heavy atom. The molecule has 106 valence electrons. The number of likely N-dealkylation sites (N-methyl/N-ethyl adjacent to an activating group) is 1. The maximum atomic E-state index is 12.7. The van der Waals surface area contributed by atoms with Gasteiger partial charge in [-0.15, -0.1) is 0 Å². The minimum absolute atomic E-state index is 0.0585. The summed E-state index contributed by atoms with van der Waals surface area (Å²) in [7, 11) is 1.59. The maximum Gasteiger partial charge on any atom is 0.224 e. The van der Waals surface area contributed by atoms with Crippen molar-refractivity contribution in [3.63, 3.8) is 0 Å². The molecule has 1 heterocycles. The highest BCUT2D eigenvalue weighted by atomic mass is 16.5. The summed E-state index contributed by atoms with van der Waals surface area (Å²) in [5.41, 5.74) is 2.85. The van der Waals surface area contributed by atoms with E-state index in [9.17, 15) is 9.59 Å². The molecule has 3 rings (SSSR count). The molecule has 0 saturated heterocycles. The van der Waals surface area contributed by atoms with Gasteiger partial charge in [-0.3, -0.25) is 9.59 Å². The molecule has 0 aliphatic carbocycles. The van der Waals surface area contributed by atoms with E-state index in [1.807, 2.05) is 30.3 Å². The summed E-state index contributed by atoms with van der Waals surface area (Å²) in [6, 6.07) is 12.8. The van der Waals surface area contributed by atoms with Crippen LogP contribution in [0.25, 0.3) is 0 Å². The summed E-state index contributed by atoms with van der Waals surface area (Å²) < 4.78 is 5.71. The van der Waals surface area contributed by atoms with E-state index in [-0.39, 0.29) is 18.1 Å². The van der Waals surface area contributed by atoms with E-state index >= 15 is 0 Å². The van der Waals surface area contributed by atoms with Gasteiger partial charge in [0.25, 0.3) is 0 Å². The first-order valence-corrected chi connectivity index (χ1v) is 6.78. The Labute approximate surface area is 122 Å². The van der Waals surface area contributed by atoms with Crippen molar-refractivity contribution < 1.29 is 14.3 Å². The molecule has 0 fully saturated rings. The number of carbonyl (C=O) groups excluding carboxylic acids is 2. The van der Waals surface area contributed by atoms with Crippen LogP contribution in [-0.2, 0) is 17.8 Å². The average molecular weight is 281 g/mol. The van der Waals surface area contributed by atoms with Gasteiger partial charge in [0.15, 0.2) is 5.78 Å². The van der Waals surface area contributed by atoms with Gasteiger partial charge in [-0.2, -0.15) is 0 Å². The maximum absolute atomic E-state index is 12.7. The van der Waals surface area contributed by atoms with E-state index in [0.717, 1.165) is 11.1 Å². The quantitative estimate of drug-likeness (QED) is 0.917. The number of rotatable bonds is 2. The second-order valence-electron chi connectivity index (χ2n) is 4.96. The molecule has 0 atom stereocenters. The number of fused-ring (bicyclic) bond motifs is 2. The van der Waals surface area contributed by atoms with Gasteiger partial charge in [0.05, 0.1) is 12.0 Å². The molecule has 0 radical (unpaired) electrons. The first kappa shape index (κ1) is 13.4. The lowest BCUT2D eigenvalue weighted by atomic mass is 9.97. The third-order valence-corrected chi connectivity index (χ3v) is 3.58. The molecule has 0 bridgehead atoms. The third kappa shape index (κ3) is 2.52. The predicted octanol–water partition coefficient (Wildman–Crippen LogP) is 2.10. The second-order valence-corrected chi connectivity index (χ2v) is 4.96. The molecule has 0 saturated carbocycles. The van der Waals surface area contributed by atoms with E-state index in [1.54, 1.807) is 19.2 Å². The van der Waals surface area contributed by atoms with Gasteiger partial charge in [0.1, 0.15) is 12.4 Å². The van der Waals surface area contributed by atoms with Gasteiger partial charge in [-0.05, 0) is 17.7 Å². The van der Waals surface area contributed by atoms with Crippen LogP contribution in [0, 0.1) is 0 Å². The molecule has 1 amide bonds. The molecule has 1 aliphatic rings. The molecule has 4 heteroatoms. The molecule has 0 aromatic heterocycles. The molecule has 21 heavy (non-hydrogen) atoms. The highest BCUT2D eigenvalue weighted by Gasteiger charge is 2.22. The monoisotopic (exact) mass is 281 g/mol. The van der Waals surface area contributed by atoms with Crippen molar-refractivity contribution in [3.8, 4) is 5.75 Å². The Hall–Kier alpha value is -2.62. The fourth-order valence-electron chi connectivity index (χ4n) is 2.43. The Bertz CT molecular complexity index is 722. The average Bonchev–Trinajstić information content (AvgIpc) is 2.65. The number of nitrogens with one attached hydrogen (secondary N) is 1. The Balaban J connectivity index is 2.02. The molecule has 0 unspecified atom stereocenters. The fraction of sp³-hybridized carbons (Fsp3) is 0.176. The number of carbonyl (C=O) groups is 2. The van der Waals surface area contributed by atoms with Crippen molar-refractivity contribution in [1.82, 2.24) is 5.32 Å². The van der Waals surface area contributed by atoms with E-state index in [0.29, 0.717) is 23.5 Å². The van der Waals surface area contributed by atoms with Crippen molar-refractivity contribution in [2.45, 2.75) is 13.0 Å². The normalized spacial score (nSPS) is 12.7. The molecule has 4 nitrogen and oxygen atoms in total. The molecule has 2 aromatic carbocycles. The standard InChI is InChI=1S/C17H15NO3/c1-18-16(19)9-11-6-7-15-14(8-11)17(20)13-5-3-2-4-12(13)10-21-15/h2-8H,9-10H2,1H3,(H,18,19). The third-order valence-electron chi connectivity index (χ3n) is 3.58. The first-order chi connectivity index (χ1) is 10.2. The summed E-state index contributed by atoms with van der Waals surface area (Å²) in [5.74, 6) is 0.422. The van der Waals surface area contributed by atoms with Gasteiger partial charge < -0.3 is 10.1 Å². The van der Waals surface area contributed by atoms with E-state index in [2.05, 4.69) is 5.32 Å². The number of benzene rings is 2. The molecular weight excluding hydrogens is 266 g/mol. The topological polar surface area (TPSA) is 55.4 Å². The Morgan fingerprint density at radius 2 is 2.00 bits per heavy atom. The summed E-state index contributed by atoms with van der Waals surface area (Å²) in [6.07, 6.45) is 0.249. The van der Waals surface area contributed by atoms with Crippen LogP contribution in [0.4, 0.5) is 0 Å². The smallest absolute Gasteiger partial charge is 0.224 e. The van der Waals surface area contributed by atoms with E-state index < -0.39 is 0 Å². The zero-order chi connectivity index (χ0) is 14.8. The Morgan fingerprint density at radius 3 is 2.81 bits per heavy atom. The largest absolute Gasteiger partial charge is 0.488 e. The number of amides is 1. The SMILES string of the molecule is CNC(=O)Cc1ccc2c(c1)C(=O)c1ccccc1CO2. The molecule has 2 aromatic rings. The van der Waals surface area contributed by atoms with Gasteiger partial charge >= 0.3 is 0 Å². The van der Waals surface area contributed by atoms with Gasteiger partial charge in [0, 0.05) is 18.2 Å². The first-order valence-electron chi connectivity index (χ1n) is 6.78. The van der Waals surface area contributed by atoms with Crippen LogP contribution in [-0.4, -0.2) is 18.7 Å². The van der Waals surface area contributed by atoms with Crippen LogP contribution in [0.1, 0.15) is 27.0 Å². The van der Waals surface area contributed by atoms with E-state index in [4.69, 9.17) is 4.74 Å². The molecular formula is C17H15NO3. The minimum atomic E-state index is -0.0858. The fourth-order valence-corrected chi connectivity index (χ4v) is 2.43. The summed E-state index contributed by atoms with van der Waals surface area (Å²) in [5, 5.41) is 2.58. The predicted molar refractivity (Wildman–Crippen MR) is 78.4 cm³/mol. The molecule has 1 N–H and O–H groups in total. The zero-order valence-corrected chi connectivity index (χ0v) is 11.7. The molecule has 1 aliphatic heterocycles. The Kier molecular flexibility index (Phi) is 3.44. The molecule has 0 spiro atoms. The number of ether oxygens (including phenoxy) is 1. The number of hydrogen-bond acceptors (Lipinski definition) is 3. The van der Waals surface area contributed by atoms with Crippen LogP contribution in [0.2, 0.25) is 0 Å². The summed E-state index contributed by atoms with van der Waals surface area (Å²) in [6.45, 7) is 0.379. The number of ketones is 1. The van der Waals surface area contributed by atoms with Crippen molar-refractivity contribution in [3.05, 3.63) is 64.7 Å². The van der Waals surface area contributed by atoms with Gasteiger partial charge in [-0.25, -0.2) is 0 Å². The summed E-state index contributed by atoms with van der Waals surface area (Å²) in [4.78, 5) is 24.1. The van der Waals surface area contributed by atoms with Crippen LogP contribution < -0.4 is 10.1 Å².